The molecular weight excluding hydrogens is 330 g/mol. The number of rotatable bonds is 4. The van der Waals surface area contributed by atoms with Gasteiger partial charge in [-0.2, -0.15) is 0 Å². The van der Waals surface area contributed by atoms with Gasteiger partial charge in [0.2, 0.25) is 5.91 Å². The van der Waals surface area contributed by atoms with Crippen molar-refractivity contribution < 1.29 is 9.53 Å². The Morgan fingerprint density at radius 1 is 1.24 bits per heavy atom. The molecule has 0 aromatic heterocycles. The molecule has 0 bridgehead atoms. The molecule has 0 saturated heterocycles. The van der Waals surface area contributed by atoms with Crippen LogP contribution >= 0.6 is 15.9 Å². The molecular formula is C17H16BrNO2. The van der Waals surface area contributed by atoms with Gasteiger partial charge in [0.05, 0.1) is 11.6 Å². The van der Waals surface area contributed by atoms with Crippen LogP contribution < -0.4 is 10.1 Å². The molecule has 2 rings (SSSR count). The van der Waals surface area contributed by atoms with Crippen molar-refractivity contribution in [2.24, 2.45) is 0 Å². The van der Waals surface area contributed by atoms with Gasteiger partial charge in [-0.15, -0.1) is 0 Å². The molecule has 3 nitrogen and oxygen atoms in total. The van der Waals surface area contributed by atoms with E-state index >= 15 is 0 Å². The monoisotopic (exact) mass is 345 g/mol. The maximum atomic E-state index is 11.9. The molecule has 0 spiro atoms. The molecule has 0 atom stereocenters. The van der Waals surface area contributed by atoms with Crippen LogP contribution in [0.3, 0.4) is 0 Å². The third-order valence-electron chi connectivity index (χ3n) is 2.89. The fraction of sp³-hybridized carbons (Fsp3) is 0.118. The first-order valence-electron chi connectivity index (χ1n) is 6.48. The predicted molar refractivity (Wildman–Crippen MR) is 89.5 cm³/mol. The molecule has 0 radical (unpaired) electrons. The molecule has 2 aromatic rings. The lowest BCUT2D eigenvalue weighted by Crippen LogP contribution is -2.07. The fourth-order valence-corrected chi connectivity index (χ4v) is 2.42. The molecule has 1 amide bonds. The van der Waals surface area contributed by atoms with Gasteiger partial charge in [0.1, 0.15) is 5.75 Å². The Morgan fingerprint density at radius 3 is 2.71 bits per heavy atom. The van der Waals surface area contributed by atoms with Gasteiger partial charge < -0.3 is 10.1 Å². The highest BCUT2D eigenvalue weighted by Crippen LogP contribution is 2.25. The van der Waals surface area contributed by atoms with Crippen molar-refractivity contribution >= 4 is 33.6 Å². The van der Waals surface area contributed by atoms with E-state index in [0.29, 0.717) is 0 Å². The standard InChI is InChI=1S/C17H16BrNO2/c1-12-4-3-5-14(10-12)19-17(20)9-7-13-6-8-16(21-2)15(18)11-13/h3-11H,1-2H3,(H,19,20)/b9-7+. The van der Waals surface area contributed by atoms with Crippen molar-refractivity contribution in [1.82, 2.24) is 0 Å². The van der Waals surface area contributed by atoms with Crippen LogP contribution in [0.4, 0.5) is 5.69 Å². The Balaban J connectivity index is 2.03. The van der Waals surface area contributed by atoms with Gasteiger partial charge in [-0.05, 0) is 64.3 Å². The summed E-state index contributed by atoms with van der Waals surface area (Å²) in [5.74, 6) is 0.601. The zero-order chi connectivity index (χ0) is 15.2. The first kappa shape index (κ1) is 15.3. The fourth-order valence-electron chi connectivity index (χ4n) is 1.86. The molecule has 0 aliphatic carbocycles. The number of ether oxygens (including phenoxy) is 1. The highest BCUT2D eigenvalue weighted by molar-refractivity contribution is 9.10. The number of amides is 1. The second kappa shape index (κ2) is 7.09. The lowest BCUT2D eigenvalue weighted by molar-refractivity contribution is -0.111. The molecule has 0 heterocycles. The van der Waals surface area contributed by atoms with Crippen LogP contribution in [0.5, 0.6) is 5.75 Å². The molecule has 0 aliphatic heterocycles. The number of aryl methyl sites for hydroxylation is 1. The number of benzene rings is 2. The van der Waals surface area contributed by atoms with Gasteiger partial charge in [0, 0.05) is 11.8 Å². The summed E-state index contributed by atoms with van der Waals surface area (Å²) >= 11 is 3.42. The van der Waals surface area contributed by atoms with E-state index in [9.17, 15) is 4.79 Å². The molecule has 0 fully saturated rings. The van der Waals surface area contributed by atoms with E-state index in [0.717, 1.165) is 27.0 Å². The van der Waals surface area contributed by atoms with Gasteiger partial charge in [-0.3, -0.25) is 4.79 Å². The highest BCUT2D eigenvalue weighted by atomic mass is 79.9. The largest absolute Gasteiger partial charge is 0.496 e. The van der Waals surface area contributed by atoms with Gasteiger partial charge in [-0.1, -0.05) is 18.2 Å². The number of anilines is 1. The van der Waals surface area contributed by atoms with Crippen molar-refractivity contribution in [2.75, 3.05) is 12.4 Å². The molecule has 0 unspecified atom stereocenters. The average molecular weight is 346 g/mol. The first-order chi connectivity index (χ1) is 10.1. The number of hydrogen-bond acceptors (Lipinski definition) is 2. The van der Waals surface area contributed by atoms with Gasteiger partial charge in [0.15, 0.2) is 0 Å². The van der Waals surface area contributed by atoms with Crippen molar-refractivity contribution in [1.29, 1.82) is 0 Å². The summed E-state index contributed by atoms with van der Waals surface area (Å²) in [6, 6.07) is 13.3. The van der Waals surface area contributed by atoms with E-state index in [-0.39, 0.29) is 5.91 Å². The van der Waals surface area contributed by atoms with E-state index in [1.54, 1.807) is 13.2 Å². The first-order valence-corrected chi connectivity index (χ1v) is 7.27. The summed E-state index contributed by atoms with van der Waals surface area (Å²) in [7, 11) is 1.62. The van der Waals surface area contributed by atoms with Gasteiger partial charge in [0.25, 0.3) is 0 Å². The zero-order valence-corrected chi connectivity index (χ0v) is 13.5. The van der Waals surface area contributed by atoms with Crippen LogP contribution in [0.15, 0.2) is 53.0 Å². The molecule has 108 valence electrons. The number of carbonyl (C=O) groups excluding carboxylic acids is 1. The maximum absolute atomic E-state index is 11.9. The third-order valence-corrected chi connectivity index (χ3v) is 3.51. The second-order valence-electron chi connectivity index (χ2n) is 4.59. The molecule has 4 heteroatoms. The summed E-state index contributed by atoms with van der Waals surface area (Å²) < 4.78 is 6.02. The Morgan fingerprint density at radius 2 is 2.05 bits per heavy atom. The lowest BCUT2D eigenvalue weighted by atomic mass is 10.2. The van der Waals surface area contributed by atoms with E-state index in [4.69, 9.17) is 4.74 Å². The van der Waals surface area contributed by atoms with Crippen LogP contribution in [0.2, 0.25) is 0 Å². The van der Waals surface area contributed by atoms with Gasteiger partial charge >= 0.3 is 0 Å². The van der Waals surface area contributed by atoms with Crippen molar-refractivity contribution in [3.05, 3.63) is 64.1 Å². The number of nitrogens with one attached hydrogen (secondary N) is 1. The maximum Gasteiger partial charge on any atom is 0.248 e. The lowest BCUT2D eigenvalue weighted by Gasteiger charge is -2.04. The number of hydrogen-bond donors (Lipinski definition) is 1. The summed E-state index contributed by atoms with van der Waals surface area (Å²) in [5.41, 5.74) is 2.82. The Bertz CT molecular complexity index is 680. The third kappa shape index (κ3) is 4.46. The summed E-state index contributed by atoms with van der Waals surface area (Å²) in [4.78, 5) is 11.9. The molecule has 1 N–H and O–H groups in total. The second-order valence-corrected chi connectivity index (χ2v) is 5.44. The molecule has 2 aromatic carbocycles. The zero-order valence-electron chi connectivity index (χ0n) is 11.9. The molecule has 0 saturated carbocycles. The highest BCUT2D eigenvalue weighted by Gasteiger charge is 2.01. The Kier molecular flexibility index (Phi) is 5.17. The minimum Gasteiger partial charge on any atom is -0.496 e. The normalized spacial score (nSPS) is 10.6. The average Bonchev–Trinajstić information content (AvgIpc) is 2.45. The summed E-state index contributed by atoms with van der Waals surface area (Å²) in [6.45, 7) is 1.99. The minimum absolute atomic E-state index is 0.160. The van der Waals surface area contributed by atoms with E-state index in [1.165, 1.54) is 6.08 Å². The quantitative estimate of drug-likeness (QED) is 0.833. The Hall–Kier alpha value is -2.07. The Labute approximate surface area is 132 Å². The molecule has 0 aliphatic rings. The topological polar surface area (TPSA) is 38.3 Å². The summed E-state index contributed by atoms with van der Waals surface area (Å²) in [5, 5.41) is 2.83. The van der Waals surface area contributed by atoms with Crippen LogP contribution in [0, 0.1) is 6.92 Å². The van der Waals surface area contributed by atoms with Crippen LogP contribution in [0.25, 0.3) is 6.08 Å². The van der Waals surface area contributed by atoms with Crippen molar-refractivity contribution in [3.8, 4) is 5.75 Å². The van der Waals surface area contributed by atoms with E-state index < -0.39 is 0 Å². The summed E-state index contributed by atoms with van der Waals surface area (Å²) in [6.07, 6.45) is 3.27. The van der Waals surface area contributed by atoms with Crippen LogP contribution in [0.1, 0.15) is 11.1 Å². The van der Waals surface area contributed by atoms with Gasteiger partial charge in [-0.25, -0.2) is 0 Å². The number of methoxy groups -OCH3 is 1. The van der Waals surface area contributed by atoms with Crippen LogP contribution in [-0.2, 0) is 4.79 Å². The number of halogens is 1. The minimum atomic E-state index is -0.160. The SMILES string of the molecule is COc1ccc(/C=C/C(=O)Nc2cccc(C)c2)cc1Br. The smallest absolute Gasteiger partial charge is 0.248 e. The van der Waals surface area contributed by atoms with Crippen LogP contribution in [-0.4, -0.2) is 13.0 Å². The van der Waals surface area contributed by atoms with Crippen molar-refractivity contribution in [3.63, 3.8) is 0 Å². The van der Waals surface area contributed by atoms with E-state index in [2.05, 4.69) is 21.2 Å². The van der Waals surface area contributed by atoms with Crippen molar-refractivity contribution in [2.45, 2.75) is 6.92 Å². The number of carbonyl (C=O) groups is 1. The predicted octanol–water partition coefficient (Wildman–Crippen LogP) is 4.42. The molecule has 21 heavy (non-hydrogen) atoms. The van der Waals surface area contributed by atoms with E-state index in [1.807, 2.05) is 49.4 Å².